The lowest BCUT2D eigenvalue weighted by atomic mass is 9.93. The predicted molar refractivity (Wildman–Crippen MR) is 94.8 cm³/mol. The molecule has 0 saturated carbocycles. The summed E-state index contributed by atoms with van der Waals surface area (Å²) in [5, 5.41) is 3.37. The summed E-state index contributed by atoms with van der Waals surface area (Å²) in [6.45, 7) is 2.11. The largest absolute Gasteiger partial charge is 0.298 e. The zero-order chi connectivity index (χ0) is 15.8. The smallest absolute Gasteiger partial charge is 0.150 e. The van der Waals surface area contributed by atoms with Crippen LogP contribution in [0.15, 0.2) is 66.9 Å². The van der Waals surface area contributed by atoms with E-state index in [1.54, 1.807) is 0 Å². The molecular formula is C21H15NO. The lowest BCUT2D eigenvalue weighted by molar-refractivity contribution is 0.112. The zero-order valence-corrected chi connectivity index (χ0v) is 12.8. The first-order valence-electron chi connectivity index (χ1n) is 7.60. The number of benzene rings is 3. The minimum atomic E-state index is 0.703. The Kier molecular flexibility index (Phi) is 3.16. The van der Waals surface area contributed by atoms with E-state index in [1.807, 2.05) is 42.6 Å². The van der Waals surface area contributed by atoms with Crippen molar-refractivity contribution >= 4 is 28.0 Å². The number of hydrogen-bond donors (Lipinski definition) is 0. The number of carbonyl (C=O) groups is 1. The molecule has 0 aliphatic heterocycles. The molecular weight excluding hydrogens is 282 g/mol. The zero-order valence-electron chi connectivity index (χ0n) is 12.8. The maximum absolute atomic E-state index is 11.0. The molecule has 0 atom stereocenters. The average molecular weight is 297 g/mol. The van der Waals surface area contributed by atoms with Gasteiger partial charge in [-0.15, -0.1) is 0 Å². The highest BCUT2D eigenvalue weighted by molar-refractivity contribution is 6.01. The van der Waals surface area contributed by atoms with Crippen LogP contribution in [-0.4, -0.2) is 11.3 Å². The molecule has 0 saturated heterocycles. The second kappa shape index (κ2) is 5.33. The first-order chi connectivity index (χ1) is 11.3. The van der Waals surface area contributed by atoms with Crippen LogP contribution in [0.5, 0.6) is 0 Å². The quantitative estimate of drug-likeness (QED) is 0.477. The van der Waals surface area contributed by atoms with Crippen molar-refractivity contribution < 1.29 is 4.79 Å². The highest BCUT2D eigenvalue weighted by Crippen LogP contribution is 2.33. The van der Waals surface area contributed by atoms with Crippen LogP contribution in [0, 0.1) is 6.92 Å². The molecule has 1 heterocycles. The van der Waals surface area contributed by atoms with Crippen LogP contribution in [-0.2, 0) is 0 Å². The van der Waals surface area contributed by atoms with E-state index in [9.17, 15) is 4.79 Å². The Labute approximate surface area is 134 Å². The number of hydrogen-bond acceptors (Lipinski definition) is 2. The van der Waals surface area contributed by atoms with Gasteiger partial charge in [0.1, 0.15) is 6.29 Å². The van der Waals surface area contributed by atoms with Gasteiger partial charge in [0.25, 0.3) is 0 Å². The number of pyridine rings is 1. The second-order valence-corrected chi connectivity index (χ2v) is 5.77. The lowest BCUT2D eigenvalue weighted by Gasteiger charge is -2.11. The van der Waals surface area contributed by atoms with Crippen molar-refractivity contribution in [2.24, 2.45) is 0 Å². The van der Waals surface area contributed by atoms with Crippen molar-refractivity contribution in [3.8, 4) is 11.1 Å². The number of fused-ring (bicyclic) bond motifs is 2. The minimum Gasteiger partial charge on any atom is -0.298 e. The minimum absolute atomic E-state index is 0.703. The van der Waals surface area contributed by atoms with Gasteiger partial charge >= 0.3 is 0 Å². The summed E-state index contributed by atoms with van der Waals surface area (Å²) >= 11 is 0. The highest BCUT2D eigenvalue weighted by Gasteiger charge is 2.09. The van der Waals surface area contributed by atoms with E-state index in [0.29, 0.717) is 5.56 Å². The summed E-state index contributed by atoms with van der Waals surface area (Å²) in [4.78, 5) is 15.4. The fourth-order valence-corrected chi connectivity index (χ4v) is 3.13. The first-order valence-corrected chi connectivity index (χ1v) is 7.60. The average Bonchev–Trinajstić information content (AvgIpc) is 2.60. The van der Waals surface area contributed by atoms with E-state index in [2.05, 4.69) is 36.2 Å². The van der Waals surface area contributed by atoms with E-state index in [4.69, 9.17) is 0 Å². The van der Waals surface area contributed by atoms with Crippen LogP contribution in [0.3, 0.4) is 0 Å². The van der Waals surface area contributed by atoms with E-state index in [0.717, 1.165) is 28.0 Å². The number of carbonyl (C=O) groups excluding carboxylic acids is 1. The van der Waals surface area contributed by atoms with Gasteiger partial charge in [-0.25, -0.2) is 0 Å². The summed E-state index contributed by atoms with van der Waals surface area (Å²) in [5.74, 6) is 0. The second-order valence-electron chi connectivity index (χ2n) is 5.77. The van der Waals surface area contributed by atoms with Gasteiger partial charge in [0.15, 0.2) is 0 Å². The van der Waals surface area contributed by atoms with Crippen LogP contribution in [0.1, 0.15) is 15.9 Å². The summed E-state index contributed by atoms with van der Waals surface area (Å²) in [6, 6.07) is 20.4. The topological polar surface area (TPSA) is 30.0 Å². The van der Waals surface area contributed by atoms with Crippen molar-refractivity contribution in [3.05, 3.63) is 78.0 Å². The molecule has 4 aromatic rings. The number of nitrogens with zero attached hydrogens (tertiary/aromatic N) is 1. The molecule has 0 amide bonds. The molecule has 0 fully saturated rings. The Balaban J connectivity index is 2.02. The maximum Gasteiger partial charge on any atom is 0.150 e. The molecule has 1 aromatic heterocycles. The molecule has 0 N–H and O–H groups in total. The Bertz CT molecular complexity index is 1050. The number of aryl methyl sites for hydroxylation is 1. The normalized spacial score (nSPS) is 11.0. The number of aromatic nitrogens is 1. The van der Waals surface area contributed by atoms with Crippen molar-refractivity contribution in [2.75, 3.05) is 0 Å². The highest BCUT2D eigenvalue weighted by atomic mass is 16.1. The van der Waals surface area contributed by atoms with Crippen molar-refractivity contribution in [1.29, 1.82) is 0 Å². The SMILES string of the molecule is Cc1cc2ncccc2cc1-c1cccc2cc(C=O)ccc12. The number of aldehydes is 1. The molecule has 0 aliphatic rings. The van der Waals surface area contributed by atoms with Crippen LogP contribution in [0.4, 0.5) is 0 Å². The first kappa shape index (κ1) is 13.6. The fraction of sp³-hybridized carbons (Fsp3) is 0.0476. The molecule has 3 aromatic carbocycles. The van der Waals surface area contributed by atoms with Crippen molar-refractivity contribution in [2.45, 2.75) is 6.92 Å². The van der Waals surface area contributed by atoms with Crippen LogP contribution < -0.4 is 0 Å². The molecule has 0 unspecified atom stereocenters. The van der Waals surface area contributed by atoms with Gasteiger partial charge in [0.2, 0.25) is 0 Å². The molecule has 0 spiro atoms. The molecule has 0 aliphatic carbocycles. The van der Waals surface area contributed by atoms with Gasteiger partial charge in [-0.1, -0.05) is 36.4 Å². The van der Waals surface area contributed by atoms with Crippen molar-refractivity contribution in [3.63, 3.8) is 0 Å². The summed E-state index contributed by atoms with van der Waals surface area (Å²) in [7, 11) is 0. The van der Waals surface area contributed by atoms with Crippen LogP contribution >= 0.6 is 0 Å². The van der Waals surface area contributed by atoms with Gasteiger partial charge in [0.05, 0.1) is 5.52 Å². The third-order valence-electron chi connectivity index (χ3n) is 4.28. The molecule has 110 valence electrons. The lowest BCUT2D eigenvalue weighted by Crippen LogP contribution is -1.89. The van der Waals surface area contributed by atoms with Gasteiger partial charge in [-0.3, -0.25) is 9.78 Å². The summed E-state index contributed by atoms with van der Waals surface area (Å²) < 4.78 is 0. The Morgan fingerprint density at radius 3 is 2.61 bits per heavy atom. The van der Waals surface area contributed by atoms with Crippen LogP contribution in [0.2, 0.25) is 0 Å². The number of rotatable bonds is 2. The Hall–Kier alpha value is -3.00. The Morgan fingerprint density at radius 1 is 0.870 bits per heavy atom. The monoisotopic (exact) mass is 297 g/mol. The maximum atomic E-state index is 11.0. The van der Waals surface area contributed by atoms with Crippen LogP contribution in [0.25, 0.3) is 32.8 Å². The Morgan fingerprint density at radius 2 is 1.74 bits per heavy atom. The van der Waals surface area contributed by atoms with Crippen molar-refractivity contribution in [1.82, 2.24) is 4.98 Å². The molecule has 23 heavy (non-hydrogen) atoms. The molecule has 0 radical (unpaired) electrons. The van der Waals surface area contributed by atoms with Gasteiger partial charge in [-0.05, 0) is 58.7 Å². The molecule has 4 rings (SSSR count). The van der Waals surface area contributed by atoms with Gasteiger partial charge in [-0.2, -0.15) is 0 Å². The summed E-state index contributed by atoms with van der Waals surface area (Å²) in [5.41, 5.74) is 5.30. The third-order valence-corrected chi connectivity index (χ3v) is 4.28. The van der Waals surface area contributed by atoms with E-state index < -0.39 is 0 Å². The summed E-state index contributed by atoms with van der Waals surface area (Å²) in [6.07, 6.45) is 2.71. The van der Waals surface area contributed by atoms with E-state index >= 15 is 0 Å². The fourth-order valence-electron chi connectivity index (χ4n) is 3.13. The van der Waals surface area contributed by atoms with E-state index in [1.165, 1.54) is 16.7 Å². The standard InChI is InChI=1S/C21H15NO/c1-14-10-21-17(5-3-9-22-21)12-20(14)19-6-2-4-16-11-15(13-23)7-8-18(16)19/h2-13H,1H3. The molecule has 0 bridgehead atoms. The third kappa shape index (κ3) is 2.29. The molecule has 2 heteroatoms. The van der Waals surface area contributed by atoms with Gasteiger partial charge in [0, 0.05) is 17.1 Å². The van der Waals surface area contributed by atoms with E-state index in [-0.39, 0.29) is 0 Å². The molecule has 2 nitrogen and oxygen atoms in total. The van der Waals surface area contributed by atoms with Gasteiger partial charge < -0.3 is 0 Å². The predicted octanol–water partition coefficient (Wildman–Crippen LogP) is 5.18.